The highest BCUT2D eigenvalue weighted by Crippen LogP contribution is 2.36. The van der Waals surface area contributed by atoms with Crippen molar-refractivity contribution in [2.75, 3.05) is 20.1 Å². The number of halogens is 1. The van der Waals surface area contributed by atoms with Crippen molar-refractivity contribution in [1.82, 2.24) is 10.2 Å². The molecule has 1 aromatic carbocycles. The highest BCUT2D eigenvalue weighted by atomic mass is 35.5. The van der Waals surface area contributed by atoms with Crippen LogP contribution in [0, 0.1) is 0 Å². The van der Waals surface area contributed by atoms with E-state index in [1.54, 1.807) is 0 Å². The molecule has 3 rings (SSSR count). The summed E-state index contributed by atoms with van der Waals surface area (Å²) in [4.78, 5) is 20.8. The summed E-state index contributed by atoms with van der Waals surface area (Å²) in [6, 6.07) is 7.43. The maximum absolute atomic E-state index is 9.10. The SMILES string of the molecule is CN[C@@H]1c2ccc(Cl)cc2C[C@H]1N1CCCC1.O=C(O)C(=O)O. The Hall–Kier alpha value is -1.63. The number of hydrogen-bond acceptors (Lipinski definition) is 4. The average molecular weight is 341 g/mol. The molecular weight excluding hydrogens is 320 g/mol. The predicted octanol–water partition coefficient (Wildman–Crippen LogP) is 1.78. The molecule has 0 bridgehead atoms. The maximum atomic E-state index is 9.10. The molecule has 6 nitrogen and oxygen atoms in total. The molecule has 1 aliphatic heterocycles. The molecule has 3 N–H and O–H groups in total. The third-order valence-corrected chi connectivity index (χ3v) is 4.59. The van der Waals surface area contributed by atoms with E-state index in [-0.39, 0.29) is 0 Å². The number of fused-ring (bicyclic) bond motifs is 1. The fourth-order valence-corrected chi connectivity index (χ4v) is 3.56. The zero-order chi connectivity index (χ0) is 17.0. The lowest BCUT2D eigenvalue weighted by Gasteiger charge is -2.29. The van der Waals surface area contributed by atoms with E-state index in [1.807, 2.05) is 6.07 Å². The van der Waals surface area contributed by atoms with Crippen LogP contribution in [0.5, 0.6) is 0 Å². The van der Waals surface area contributed by atoms with E-state index >= 15 is 0 Å². The molecule has 0 unspecified atom stereocenters. The Morgan fingerprint density at radius 2 is 1.83 bits per heavy atom. The summed E-state index contributed by atoms with van der Waals surface area (Å²) in [6.07, 6.45) is 3.84. The van der Waals surface area contributed by atoms with Crippen molar-refractivity contribution in [3.8, 4) is 0 Å². The number of carboxylic acid groups (broad SMARTS) is 2. The van der Waals surface area contributed by atoms with Gasteiger partial charge in [-0.05, 0) is 62.7 Å². The number of aliphatic carboxylic acids is 2. The summed E-state index contributed by atoms with van der Waals surface area (Å²) in [5.74, 6) is -3.65. The number of nitrogens with one attached hydrogen (secondary N) is 1. The Balaban J connectivity index is 0.000000277. The molecule has 1 fully saturated rings. The van der Waals surface area contributed by atoms with E-state index in [4.69, 9.17) is 31.4 Å². The number of benzene rings is 1. The van der Waals surface area contributed by atoms with E-state index in [9.17, 15) is 0 Å². The van der Waals surface area contributed by atoms with Gasteiger partial charge < -0.3 is 15.5 Å². The molecule has 0 spiro atoms. The Kier molecular flexibility index (Phi) is 5.98. The van der Waals surface area contributed by atoms with Crippen LogP contribution in [0.15, 0.2) is 18.2 Å². The summed E-state index contributed by atoms with van der Waals surface area (Å²) in [5, 5.41) is 19.1. The fourth-order valence-electron chi connectivity index (χ4n) is 3.37. The molecule has 23 heavy (non-hydrogen) atoms. The second kappa shape index (κ2) is 7.77. The molecule has 1 aliphatic carbocycles. The predicted molar refractivity (Wildman–Crippen MR) is 86.8 cm³/mol. The number of carbonyl (C=O) groups is 2. The van der Waals surface area contributed by atoms with Crippen LogP contribution in [0.4, 0.5) is 0 Å². The lowest BCUT2D eigenvalue weighted by molar-refractivity contribution is -0.159. The van der Waals surface area contributed by atoms with Gasteiger partial charge in [-0.1, -0.05) is 17.7 Å². The number of likely N-dealkylation sites (tertiary alicyclic amines) is 1. The highest BCUT2D eigenvalue weighted by molar-refractivity contribution is 6.30. The summed E-state index contributed by atoms with van der Waals surface area (Å²) in [6.45, 7) is 2.51. The lowest BCUT2D eigenvalue weighted by atomic mass is 10.1. The van der Waals surface area contributed by atoms with Crippen molar-refractivity contribution in [1.29, 1.82) is 0 Å². The maximum Gasteiger partial charge on any atom is 0.414 e. The third-order valence-electron chi connectivity index (χ3n) is 4.36. The van der Waals surface area contributed by atoms with Gasteiger partial charge in [0.25, 0.3) is 0 Å². The minimum absolute atomic E-state index is 0.473. The first kappa shape index (κ1) is 17.7. The summed E-state index contributed by atoms with van der Waals surface area (Å²) in [7, 11) is 2.07. The van der Waals surface area contributed by atoms with Crippen LogP contribution in [0.1, 0.15) is 30.0 Å². The molecule has 1 aromatic rings. The van der Waals surface area contributed by atoms with E-state index in [2.05, 4.69) is 29.4 Å². The van der Waals surface area contributed by atoms with Gasteiger partial charge in [-0.3, -0.25) is 4.90 Å². The van der Waals surface area contributed by atoms with Crippen LogP contribution in [-0.2, 0) is 16.0 Å². The Morgan fingerprint density at radius 3 is 2.35 bits per heavy atom. The topological polar surface area (TPSA) is 89.9 Å². The third kappa shape index (κ3) is 4.22. The van der Waals surface area contributed by atoms with Gasteiger partial charge in [0.2, 0.25) is 0 Å². The summed E-state index contributed by atoms with van der Waals surface area (Å²) in [5.41, 5.74) is 2.86. The van der Waals surface area contributed by atoms with Gasteiger partial charge in [0.1, 0.15) is 0 Å². The van der Waals surface area contributed by atoms with Crippen molar-refractivity contribution in [2.24, 2.45) is 0 Å². The Bertz CT molecular complexity index is 575. The number of nitrogens with zero attached hydrogens (tertiary/aromatic N) is 1. The number of rotatable bonds is 2. The van der Waals surface area contributed by atoms with E-state index in [0.717, 1.165) is 11.4 Å². The van der Waals surface area contributed by atoms with Gasteiger partial charge in [-0.25, -0.2) is 9.59 Å². The Morgan fingerprint density at radius 1 is 1.22 bits per heavy atom. The van der Waals surface area contributed by atoms with Gasteiger partial charge in [0, 0.05) is 17.1 Å². The molecule has 2 atom stereocenters. The monoisotopic (exact) mass is 340 g/mol. The molecule has 0 radical (unpaired) electrons. The zero-order valence-corrected chi connectivity index (χ0v) is 13.7. The van der Waals surface area contributed by atoms with Crippen molar-refractivity contribution in [3.05, 3.63) is 34.3 Å². The van der Waals surface area contributed by atoms with Crippen molar-refractivity contribution in [2.45, 2.75) is 31.3 Å². The lowest BCUT2D eigenvalue weighted by Crippen LogP contribution is -2.40. The minimum atomic E-state index is -1.82. The Labute approximate surface area is 140 Å². The van der Waals surface area contributed by atoms with Gasteiger partial charge in [-0.15, -0.1) is 0 Å². The van der Waals surface area contributed by atoms with Crippen LogP contribution in [0.25, 0.3) is 0 Å². The first-order valence-corrected chi connectivity index (χ1v) is 7.97. The molecule has 2 aliphatic rings. The van der Waals surface area contributed by atoms with Crippen molar-refractivity contribution in [3.63, 3.8) is 0 Å². The molecule has 7 heteroatoms. The normalized spacial score (nSPS) is 23.0. The summed E-state index contributed by atoms with van der Waals surface area (Å²) >= 11 is 6.09. The van der Waals surface area contributed by atoms with Crippen LogP contribution < -0.4 is 5.32 Å². The molecule has 0 aromatic heterocycles. The van der Waals surface area contributed by atoms with Crippen molar-refractivity contribution >= 4 is 23.5 Å². The molecule has 1 saturated heterocycles. The number of hydrogen-bond donors (Lipinski definition) is 3. The smallest absolute Gasteiger partial charge is 0.414 e. The van der Waals surface area contributed by atoms with E-state index in [1.165, 1.54) is 37.1 Å². The first-order valence-electron chi connectivity index (χ1n) is 7.60. The van der Waals surface area contributed by atoms with Crippen molar-refractivity contribution < 1.29 is 19.8 Å². The average Bonchev–Trinajstić information content (AvgIpc) is 3.13. The van der Waals surface area contributed by atoms with Gasteiger partial charge in [-0.2, -0.15) is 0 Å². The second-order valence-corrected chi connectivity index (χ2v) is 6.17. The second-order valence-electron chi connectivity index (χ2n) is 5.73. The molecule has 0 saturated carbocycles. The molecular formula is C16H21ClN2O4. The largest absolute Gasteiger partial charge is 0.473 e. The van der Waals surface area contributed by atoms with Gasteiger partial charge in [0.15, 0.2) is 0 Å². The van der Waals surface area contributed by atoms with Crippen LogP contribution >= 0.6 is 11.6 Å². The highest BCUT2D eigenvalue weighted by Gasteiger charge is 2.36. The molecule has 0 amide bonds. The van der Waals surface area contributed by atoms with Crippen LogP contribution in [0.2, 0.25) is 5.02 Å². The summed E-state index contributed by atoms with van der Waals surface area (Å²) < 4.78 is 0. The standard InChI is InChI=1S/C14H19ClN2.C2H2O4/c1-16-14-12-5-4-11(15)8-10(12)9-13(14)17-6-2-3-7-17;3-1(4)2(5)6/h4-5,8,13-14,16H,2-3,6-7,9H2,1H3;(H,3,4)(H,5,6)/t13-,14-;/m1./s1. The van der Waals surface area contributed by atoms with E-state index in [0.29, 0.717) is 12.1 Å². The van der Waals surface area contributed by atoms with Crippen LogP contribution in [0.3, 0.4) is 0 Å². The quantitative estimate of drug-likeness (QED) is 0.711. The molecule has 1 heterocycles. The van der Waals surface area contributed by atoms with Gasteiger partial charge >= 0.3 is 11.9 Å². The fraction of sp³-hybridized carbons (Fsp3) is 0.500. The number of likely N-dealkylation sites (N-methyl/N-ethyl adjacent to an activating group) is 1. The molecule has 126 valence electrons. The van der Waals surface area contributed by atoms with Gasteiger partial charge in [0.05, 0.1) is 0 Å². The zero-order valence-electron chi connectivity index (χ0n) is 13.0. The number of carboxylic acids is 2. The minimum Gasteiger partial charge on any atom is -0.473 e. The first-order chi connectivity index (χ1) is 10.9. The van der Waals surface area contributed by atoms with E-state index < -0.39 is 11.9 Å². The van der Waals surface area contributed by atoms with Crippen LogP contribution in [-0.4, -0.2) is 53.2 Å².